The van der Waals surface area contributed by atoms with Crippen molar-refractivity contribution in [2.24, 2.45) is 5.92 Å². The quantitative estimate of drug-likeness (QED) is 0.121. The summed E-state index contributed by atoms with van der Waals surface area (Å²) in [5.41, 5.74) is 6.60. The smallest absolute Gasteiger partial charge is 0.163 e. The Morgan fingerprint density at radius 3 is 2.62 bits per heavy atom. The van der Waals surface area contributed by atoms with Crippen LogP contribution in [-0.4, -0.2) is 56.7 Å². The van der Waals surface area contributed by atoms with E-state index in [1.54, 1.807) is 42.6 Å². The number of nitrogens with one attached hydrogen (secondary N) is 1. The Balaban J connectivity index is 1.22. The number of phenols is 2. The number of benzene rings is 3. The first-order chi connectivity index (χ1) is 25.7. The number of ketones is 2. The van der Waals surface area contributed by atoms with Gasteiger partial charge in [-0.3, -0.25) is 9.59 Å². The Hall–Kier alpha value is -5.58. The normalized spacial score (nSPS) is 19.7. The van der Waals surface area contributed by atoms with Crippen LogP contribution in [0.1, 0.15) is 82.3 Å². The van der Waals surface area contributed by atoms with Crippen LogP contribution in [0.25, 0.3) is 11.4 Å². The van der Waals surface area contributed by atoms with Crippen LogP contribution in [0, 0.1) is 5.92 Å². The molecule has 2 aromatic heterocycles. The van der Waals surface area contributed by atoms with Gasteiger partial charge in [0.25, 0.3) is 0 Å². The Labute approximate surface area is 308 Å². The number of methoxy groups -OCH3 is 1. The van der Waals surface area contributed by atoms with Gasteiger partial charge in [-0.05, 0) is 96.6 Å². The molecule has 3 heterocycles. The van der Waals surface area contributed by atoms with Gasteiger partial charge in [-0.15, -0.1) is 5.69 Å². The molecule has 5 aromatic rings. The third-order valence-electron chi connectivity index (χ3n) is 10.5. The van der Waals surface area contributed by atoms with Crippen molar-refractivity contribution >= 4 is 23.5 Å². The fourth-order valence-electron chi connectivity index (χ4n) is 7.79. The molecule has 4 unspecified atom stereocenters. The Bertz CT molecular complexity index is 2150. The minimum absolute atomic E-state index is 0.0626. The van der Waals surface area contributed by atoms with Gasteiger partial charge in [-0.2, -0.15) is 6.20 Å². The molecule has 4 atom stereocenters. The SMILES string of the molecule is COc1cc2cc(c1O)C(O)c1cccc(c1)Cc1cc[nH]c1[N-]CC1=Cc3[n-]ccc3C(CC(O)CCc3cccc(O)c3)C1C(=O)CC(=O)CC2. The summed E-state index contributed by atoms with van der Waals surface area (Å²) in [5.74, 6) is -0.796. The summed E-state index contributed by atoms with van der Waals surface area (Å²) in [6.45, 7) is 0.184. The van der Waals surface area contributed by atoms with Crippen LogP contribution in [0.5, 0.6) is 17.2 Å². The predicted octanol–water partition coefficient (Wildman–Crippen LogP) is 6.72. The number of aliphatic hydroxyl groups excluding tert-OH is 2. The first-order valence-electron chi connectivity index (χ1n) is 18.0. The number of H-pyrrole nitrogens is 1. The highest BCUT2D eigenvalue weighted by Gasteiger charge is 2.36. The number of aromatic amines is 1. The van der Waals surface area contributed by atoms with E-state index < -0.39 is 24.0 Å². The molecule has 0 radical (unpaired) electrons. The lowest BCUT2D eigenvalue weighted by Crippen LogP contribution is -2.32. The molecular formula is C43H43N3O7-2. The first kappa shape index (κ1) is 35.8. The molecule has 3 aromatic carbocycles. The van der Waals surface area contributed by atoms with Crippen LogP contribution in [0.3, 0.4) is 0 Å². The van der Waals surface area contributed by atoms with Crippen LogP contribution in [-0.2, 0) is 28.9 Å². The Morgan fingerprint density at radius 2 is 1.79 bits per heavy atom. The van der Waals surface area contributed by atoms with Gasteiger partial charge in [0.05, 0.1) is 19.6 Å². The number of aliphatic hydroxyl groups is 2. The lowest BCUT2D eigenvalue weighted by Gasteiger charge is -2.37. The van der Waals surface area contributed by atoms with E-state index in [9.17, 15) is 30.0 Å². The number of hydrogen-bond acceptors (Lipinski definition) is 7. The molecule has 10 heteroatoms. The van der Waals surface area contributed by atoms with E-state index in [4.69, 9.17) is 10.1 Å². The van der Waals surface area contributed by atoms with E-state index in [1.165, 1.54) is 7.11 Å². The number of hydrogen-bond donors (Lipinski definition) is 5. The number of carbonyl (C=O) groups is 2. The fourth-order valence-corrected chi connectivity index (χ4v) is 7.79. The number of phenolic OH excluding ortho intramolecular Hbond substituents is 2. The minimum atomic E-state index is -1.16. The van der Waals surface area contributed by atoms with Gasteiger partial charge in [0.15, 0.2) is 11.5 Å². The highest BCUT2D eigenvalue weighted by atomic mass is 16.5. The molecule has 2 aliphatic rings. The lowest BCUT2D eigenvalue weighted by atomic mass is 9.71. The maximum Gasteiger partial charge on any atom is 0.163 e. The zero-order chi connectivity index (χ0) is 37.1. The minimum Gasteiger partial charge on any atom is -0.664 e. The molecule has 0 fully saturated rings. The molecule has 0 spiro atoms. The molecule has 0 saturated carbocycles. The first-order valence-corrected chi connectivity index (χ1v) is 18.0. The number of nitrogens with zero attached hydrogens (tertiary/aromatic N) is 2. The van der Waals surface area contributed by atoms with Gasteiger partial charge in [-0.1, -0.05) is 77.8 Å². The van der Waals surface area contributed by atoms with E-state index in [-0.39, 0.29) is 66.6 Å². The molecule has 7 rings (SSSR count). The van der Waals surface area contributed by atoms with Crippen molar-refractivity contribution in [2.75, 3.05) is 13.7 Å². The monoisotopic (exact) mass is 713 g/mol. The van der Waals surface area contributed by atoms with Gasteiger partial charge < -0.3 is 40.4 Å². The molecule has 5 N–H and O–H groups in total. The fraction of sp³-hybridized carbons (Fsp3) is 0.302. The van der Waals surface area contributed by atoms with Crippen molar-refractivity contribution in [1.82, 2.24) is 9.97 Å². The highest BCUT2D eigenvalue weighted by molar-refractivity contribution is 6.02. The van der Waals surface area contributed by atoms with E-state index in [0.717, 1.165) is 33.5 Å². The predicted molar refractivity (Wildman–Crippen MR) is 201 cm³/mol. The molecule has 1 aliphatic carbocycles. The van der Waals surface area contributed by atoms with E-state index in [2.05, 4.69) is 9.97 Å². The summed E-state index contributed by atoms with van der Waals surface area (Å²) < 4.78 is 5.44. The van der Waals surface area contributed by atoms with E-state index in [0.29, 0.717) is 36.2 Å². The summed E-state index contributed by atoms with van der Waals surface area (Å²) in [7, 11) is 1.43. The van der Waals surface area contributed by atoms with Crippen molar-refractivity contribution in [3.05, 3.63) is 141 Å². The van der Waals surface area contributed by atoms with Crippen molar-refractivity contribution in [3.63, 3.8) is 0 Å². The molecule has 0 saturated heterocycles. The van der Waals surface area contributed by atoms with Gasteiger partial charge in [0.2, 0.25) is 0 Å². The van der Waals surface area contributed by atoms with Crippen molar-refractivity contribution in [3.8, 4) is 17.2 Å². The summed E-state index contributed by atoms with van der Waals surface area (Å²) in [6.07, 6.45) is 5.30. The van der Waals surface area contributed by atoms with Crippen molar-refractivity contribution in [2.45, 2.75) is 63.1 Å². The Kier molecular flexibility index (Phi) is 10.5. The van der Waals surface area contributed by atoms with Crippen LogP contribution >= 0.6 is 0 Å². The summed E-state index contributed by atoms with van der Waals surface area (Å²) in [5, 5.41) is 48.8. The maximum atomic E-state index is 14.4. The largest absolute Gasteiger partial charge is 0.664 e. The average molecular weight is 714 g/mol. The van der Waals surface area contributed by atoms with E-state index >= 15 is 0 Å². The highest BCUT2D eigenvalue weighted by Crippen LogP contribution is 2.44. The number of ether oxygens (including phenoxy) is 1. The molecule has 274 valence electrons. The maximum absolute atomic E-state index is 14.4. The summed E-state index contributed by atoms with van der Waals surface area (Å²) in [4.78, 5) is 35.8. The second kappa shape index (κ2) is 15.6. The topological polar surface area (TPSA) is 168 Å². The van der Waals surface area contributed by atoms with Gasteiger partial charge in [-0.25, -0.2) is 0 Å². The standard InChI is InChI=1S/C43H43N3O7/c1-53-39-20-27-9-11-33(49)23-38(50)40-30(21-37-34(13-15-44-37)35(40)22-32(48)10-8-25-4-3-7-31(47)18-25)24-46-43-29(12-14-45-43)17-26-5-2-6-28(16-26)41(51)36(19-27)42(39)52/h2-7,12-16,18-21,32,35,40-41,45,47-48,51-52H,8-11,17,22-24H2,1H3/q-2. The van der Waals surface area contributed by atoms with Gasteiger partial charge in [0, 0.05) is 17.9 Å². The van der Waals surface area contributed by atoms with Gasteiger partial charge in [0.1, 0.15) is 23.4 Å². The second-order valence-electron chi connectivity index (χ2n) is 14.1. The zero-order valence-electron chi connectivity index (χ0n) is 29.5. The van der Waals surface area contributed by atoms with E-state index in [1.807, 2.05) is 48.7 Å². The number of rotatable bonds is 6. The molecule has 1 aliphatic heterocycles. The zero-order valence-corrected chi connectivity index (χ0v) is 29.5. The van der Waals surface area contributed by atoms with Crippen LogP contribution in [0.15, 0.2) is 90.8 Å². The van der Waals surface area contributed by atoms with Crippen LogP contribution in [0.2, 0.25) is 0 Å². The van der Waals surface area contributed by atoms with Gasteiger partial charge >= 0.3 is 0 Å². The molecule has 0 amide bonds. The third-order valence-corrected chi connectivity index (χ3v) is 10.5. The lowest BCUT2D eigenvalue weighted by molar-refractivity contribution is -0.129. The number of aromatic hydroxyl groups is 2. The molecule has 10 nitrogen and oxygen atoms in total. The van der Waals surface area contributed by atoms with Crippen LogP contribution in [0.4, 0.5) is 5.82 Å². The Morgan fingerprint density at radius 1 is 0.943 bits per heavy atom. The summed E-state index contributed by atoms with van der Waals surface area (Å²) in [6, 6.07) is 21.7. The van der Waals surface area contributed by atoms with Crippen molar-refractivity contribution in [1.29, 1.82) is 0 Å². The summed E-state index contributed by atoms with van der Waals surface area (Å²) >= 11 is 0. The van der Waals surface area contributed by atoms with Crippen LogP contribution < -0.4 is 9.72 Å². The molecular weight excluding hydrogens is 670 g/mol. The number of aromatic nitrogens is 2. The number of Topliss-reactive ketones (excluding diaryl/α,β-unsaturated/α-hetero) is 2. The second-order valence-corrected chi connectivity index (χ2v) is 14.1. The number of aryl methyl sites for hydroxylation is 2. The van der Waals surface area contributed by atoms with Crippen molar-refractivity contribution < 1.29 is 34.8 Å². The number of fused-ring (bicyclic) bond motifs is 7. The molecule has 4 bridgehead atoms. The third kappa shape index (κ3) is 7.94. The molecule has 53 heavy (non-hydrogen) atoms. The average Bonchev–Trinajstić information content (AvgIpc) is 3.81. The number of carbonyl (C=O) groups excluding carboxylic acids is 2.